The summed E-state index contributed by atoms with van der Waals surface area (Å²) in [6.07, 6.45) is 3.33. The zero-order valence-corrected chi connectivity index (χ0v) is 12.8. The molecule has 1 aromatic carbocycles. The Bertz CT molecular complexity index is 629. The molecule has 5 nitrogen and oxygen atoms in total. The van der Waals surface area contributed by atoms with E-state index in [0.29, 0.717) is 25.1 Å². The average molecular weight is 312 g/mol. The smallest absolute Gasteiger partial charge is 0.303 e. The molecule has 1 amide bonds. The highest BCUT2D eigenvalue weighted by Crippen LogP contribution is 2.25. The molecule has 2 aromatic rings. The van der Waals surface area contributed by atoms with Crippen molar-refractivity contribution in [1.29, 1.82) is 0 Å². The Morgan fingerprint density at radius 2 is 1.83 bits per heavy atom. The Morgan fingerprint density at radius 1 is 1.09 bits per heavy atom. The maximum Gasteiger partial charge on any atom is 0.303 e. The number of rotatable bonds is 8. The van der Waals surface area contributed by atoms with Crippen molar-refractivity contribution in [2.75, 3.05) is 5.32 Å². The van der Waals surface area contributed by atoms with E-state index >= 15 is 0 Å². The summed E-state index contributed by atoms with van der Waals surface area (Å²) in [6, 6.07) is 14.9. The van der Waals surface area contributed by atoms with E-state index in [4.69, 9.17) is 5.11 Å². The molecule has 1 unspecified atom stereocenters. The van der Waals surface area contributed by atoms with Gasteiger partial charge in [0.2, 0.25) is 5.91 Å². The van der Waals surface area contributed by atoms with Crippen LogP contribution in [-0.4, -0.2) is 22.0 Å². The largest absolute Gasteiger partial charge is 0.481 e. The fourth-order valence-electron chi connectivity index (χ4n) is 2.47. The molecule has 0 fully saturated rings. The second-order valence-electron chi connectivity index (χ2n) is 5.36. The van der Waals surface area contributed by atoms with E-state index in [9.17, 15) is 9.59 Å². The second kappa shape index (κ2) is 8.68. The lowest BCUT2D eigenvalue weighted by Gasteiger charge is -2.15. The Kier molecular flexibility index (Phi) is 6.29. The molecule has 0 bridgehead atoms. The summed E-state index contributed by atoms with van der Waals surface area (Å²) in [5, 5.41) is 11.8. The number of amides is 1. The van der Waals surface area contributed by atoms with Crippen LogP contribution in [0.2, 0.25) is 0 Å². The van der Waals surface area contributed by atoms with Crippen LogP contribution in [0.25, 0.3) is 0 Å². The van der Waals surface area contributed by atoms with E-state index in [2.05, 4.69) is 10.3 Å². The van der Waals surface area contributed by atoms with Gasteiger partial charge in [-0.05, 0) is 36.5 Å². The van der Waals surface area contributed by atoms with E-state index in [1.807, 2.05) is 30.3 Å². The molecule has 0 aliphatic carbocycles. The van der Waals surface area contributed by atoms with Gasteiger partial charge in [0.05, 0.1) is 6.42 Å². The molecule has 1 aromatic heterocycles. The predicted octanol–water partition coefficient (Wildman–Crippen LogP) is 3.45. The highest BCUT2D eigenvalue weighted by molar-refractivity contribution is 5.89. The summed E-state index contributed by atoms with van der Waals surface area (Å²) in [4.78, 5) is 27.0. The maximum absolute atomic E-state index is 11.9. The minimum absolute atomic E-state index is 0.0728. The molecule has 1 atom stereocenters. The number of aromatic nitrogens is 1. The topological polar surface area (TPSA) is 79.3 Å². The molecule has 23 heavy (non-hydrogen) atoms. The first-order valence-corrected chi connectivity index (χ1v) is 7.63. The fourth-order valence-corrected chi connectivity index (χ4v) is 2.47. The molecule has 120 valence electrons. The number of nitrogens with one attached hydrogen (secondary N) is 1. The maximum atomic E-state index is 11.9. The summed E-state index contributed by atoms with van der Waals surface area (Å²) in [7, 11) is 0. The number of carboxylic acids is 1. The van der Waals surface area contributed by atoms with Crippen LogP contribution in [0, 0.1) is 0 Å². The lowest BCUT2D eigenvalue weighted by atomic mass is 9.90. The van der Waals surface area contributed by atoms with Crippen LogP contribution in [-0.2, 0) is 9.59 Å². The van der Waals surface area contributed by atoms with E-state index in [-0.39, 0.29) is 18.2 Å². The van der Waals surface area contributed by atoms with Crippen LogP contribution < -0.4 is 5.32 Å². The molecule has 5 heteroatoms. The molecule has 0 spiro atoms. The van der Waals surface area contributed by atoms with Gasteiger partial charge in [-0.25, -0.2) is 4.98 Å². The summed E-state index contributed by atoms with van der Waals surface area (Å²) < 4.78 is 0. The third kappa shape index (κ3) is 5.90. The zero-order valence-electron chi connectivity index (χ0n) is 12.8. The normalized spacial score (nSPS) is 11.7. The number of anilines is 1. The third-order valence-corrected chi connectivity index (χ3v) is 3.58. The molecular formula is C18H20N2O3. The minimum Gasteiger partial charge on any atom is -0.481 e. The van der Waals surface area contributed by atoms with Gasteiger partial charge in [0.15, 0.2) is 0 Å². The SMILES string of the molecule is O=C(O)CC(CCCC(=O)Nc1ccccn1)c1ccccc1. The molecule has 2 N–H and O–H groups in total. The molecular weight excluding hydrogens is 292 g/mol. The number of carbonyl (C=O) groups is 2. The molecule has 2 rings (SSSR count). The molecule has 0 saturated carbocycles. The standard InChI is InChI=1S/C18H20N2O3/c21-17(20-16-10-4-5-12-19-16)11-6-9-15(13-18(22)23)14-7-2-1-3-8-14/h1-5,7-8,10,12,15H,6,9,11,13H2,(H,22,23)(H,19,20,21). The van der Waals surface area contributed by atoms with Gasteiger partial charge < -0.3 is 10.4 Å². The van der Waals surface area contributed by atoms with Gasteiger partial charge in [-0.15, -0.1) is 0 Å². The number of aliphatic carboxylic acids is 1. The van der Waals surface area contributed by atoms with E-state index < -0.39 is 5.97 Å². The fraction of sp³-hybridized carbons (Fsp3) is 0.278. The van der Waals surface area contributed by atoms with Gasteiger partial charge >= 0.3 is 5.97 Å². The first kappa shape index (κ1) is 16.7. The zero-order chi connectivity index (χ0) is 16.5. The number of nitrogens with zero attached hydrogens (tertiary/aromatic N) is 1. The van der Waals surface area contributed by atoms with Gasteiger partial charge in [-0.3, -0.25) is 9.59 Å². The first-order chi connectivity index (χ1) is 11.1. The van der Waals surface area contributed by atoms with Crippen molar-refractivity contribution in [3.05, 3.63) is 60.3 Å². The molecule has 0 aliphatic rings. The van der Waals surface area contributed by atoms with Crippen LogP contribution in [0.1, 0.15) is 37.2 Å². The van der Waals surface area contributed by atoms with Crippen molar-refractivity contribution >= 4 is 17.7 Å². The van der Waals surface area contributed by atoms with E-state index in [1.54, 1.807) is 24.4 Å². The van der Waals surface area contributed by atoms with Gasteiger partial charge in [0, 0.05) is 12.6 Å². The average Bonchev–Trinajstić information content (AvgIpc) is 2.55. The van der Waals surface area contributed by atoms with Crippen LogP contribution in [0.15, 0.2) is 54.7 Å². The quantitative estimate of drug-likeness (QED) is 0.782. The van der Waals surface area contributed by atoms with Crippen LogP contribution in [0.4, 0.5) is 5.82 Å². The lowest BCUT2D eigenvalue weighted by molar-refractivity contribution is -0.137. The molecule has 0 aliphatic heterocycles. The summed E-state index contributed by atoms with van der Waals surface area (Å²) in [5.74, 6) is -0.471. The van der Waals surface area contributed by atoms with Gasteiger partial charge in [-0.2, -0.15) is 0 Å². The monoisotopic (exact) mass is 312 g/mol. The number of carboxylic acid groups (broad SMARTS) is 1. The van der Waals surface area contributed by atoms with E-state index in [0.717, 1.165) is 5.56 Å². The first-order valence-electron chi connectivity index (χ1n) is 7.63. The number of hydrogen-bond donors (Lipinski definition) is 2. The van der Waals surface area contributed by atoms with Crippen molar-refractivity contribution in [2.45, 2.75) is 31.6 Å². The van der Waals surface area contributed by atoms with Crippen molar-refractivity contribution < 1.29 is 14.7 Å². The van der Waals surface area contributed by atoms with Crippen molar-refractivity contribution in [3.8, 4) is 0 Å². The predicted molar refractivity (Wildman–Crippen MR) is 88.2 cm³/mol. The number of benzene rings is 1. The number of hydrogen-bond acceptors (Lipinski definition) is 3. The summed E-state index contributed by atoms with van der Waals surface area (Å²) in [5.41, 5.74) is 1.00. The van der Waals surface area contributed by atoms with Gasteiger partial charge in [0.1, 0.15) is 5.82 Å². The molecule has 1 heterocycles. The van der Waals surface area contributed by atoms with Crippen LogP contribution in [0.5, 0.6) is 0 Å². The summed E-state index contributed by atoms with van der Waals surface area (Å²) in [6.45, 7) is 0. The number of pyridine rings is 1. The van der Waals surface area contributed by atoms with Crippen LogP contribution in [0.3, 0.4) is 0 Å². The van der Waals surface area contributed by atoms with Crippen molar-refractivity contribution in [1.82, 2.24) is 4.98 Å². The van der Waals surface area contributed by atoms with Gasteiger partial charge in [-0.1, -0.05) is 36.4 Å². The Hall–Kier alpha value is -2.69. The molecule has 0 saturated heterocycles. The Balaban J connectivity index is 1.84. The van der Waals surface area contributed by atoms with Crippen molar-refractivity contribution in [3.63, 3.8) is 0 Å². The second-order valence-corrected chi connectivity index (χ2v) is 5.36. The highest BCUT2D eigenvalue weighted by Gasteiger charge is 2.16. The highest BCUT2D eigenvalue weighted by atomic mass is 16.4. The van der Waals surface area contributed by atoms with Crippen LogP contribution >= 0.6 is 0 Å². The Labute approximate surface area is 135 Å². The third-order valence-electron chi connectivity index (χ3n) is 3.58. The number of carbonyl (C=O) groups excluding carboxylic acids is 1. The van der Waals surface area contributed by atoms with E-state index in [1.165, 1.54) is 0 Å². The lowest BCUT2D eigenvalue weighted by Crippen LogP contribution is -2.13. The summed E-state index contributed by atoms with van der Waals surface area (Å²) >= 11 is 0. The molecule has 0 radical (unpaired) electrons. The minimum atomic E-state index is -0.822. The Morgan fingerprint density at radius 3 is 2.48 bits per heavy atom. The van der Waals surface area contributed by atoms with Crippen molar-refractivity contribution in [2.24, 2.45) is 0 Å². The van der Waals surface area contributed by atoms with Gasteiger partial charge in [0.25, 0.3) is 0 Å².